The summed E-state index contributed by atoms with van der Waals surface area (Å²) >= 11 is 0. The molecule has 0 bridgehead atoms. The monoisotopic (exact) mass is 474 g/mol. The molecule has 0 radical (unpaired) electrons. The van der Waals surface area contributed by atoms with Gasteiger partial charge in [0.05, 0.1) is 10.5 Å². The van der Waals surface area contributed by atoms with E-state index in [9.17, 15) is 26.4 Å². The van der Waals surface area contributed by atoms with Gasteiger partial charge in [0.25, 0.3) is 0 Å². The van der Waals surface area contributed by atoms with E-state index in [1.54, 1.807) is 18.2 Å². The van der Waals surface area contributed by atoms with Crippen LogP contribution in [0.15, 0.2) is 77.7 Å². The number of fused-ring (bicyclic) bond motifs is 1. The van der Waals surface area contributed by atoms with E-state index < -0.39 is 21.8 Å². The Morgan fingerprint density at radius 2 is 1.55 bits per heavy atom. The van der Waals surface area contributed by atoms with Gasteiger partial charge in [0.1, 0.15) is 0 Å². The molecular weight excluding hydrogens is 453 g/mol. The Balaban J connectivity index is 1.40. The normalized spacial score (nSPS) is 15.9. The van der Waals surface area contributed by atoms with E-state index in [2.05, 4.69) is 0 Å². The van der Waals surface area contributed by atoms with Crippen LogP contribution in [-0.4, -0.2) is 49.7 Å². The number of amides is 1. The van der Waals surface area contributed by atoms with Gasteiger partial charge < -0.3 is 4.90 Å². The summed E-state index contributed by atoms with van der Waals surface area (Å²) in [5.41, 5.74) is -0.527. The van der Waals surface area contributed by atoms with Gasteiger partial charge in [-0.3, -0.25) is 4.79 Å². The molecule has 4 rings (SSSR count). The van der Waals surface area contributed by atoms with E-state index >= 15 is 0 Å². The average molecular weight is 475 g/mol. The molecule has 0 aromatic heterocycles. The molecule has 9 heteroatoms. The summed E-state index contributed by atoms with van der Waals surface area (Å²) in [6.45, 7) is 0.660. The number of piperazine rings is 1. The Morgan fingerprint density at radius 3 is 2.24 bits per heavy atom. The van der Waals surface area contributed by atoms with E-state index in [0.717, 1.165) is 22.9 Å². The lowest BCUT2D eigenvalue weighted by Crippen LogP contribution is -2.50. The number of rotatable bonds is 4. The SMILES string of the molecule is O=C(/C=C/c1cccc(C(F)(F)F)c1)N1CCN(S(=O)(=O)c2ccc3ccccc3c2)CC1. The molecule has 1 aliphatic rings. The van der Waals surface area contributed by atoms with Crippen LogP contribution in [-0.2, 0) is 21.0 Å². The van der Waals surface area contributed by atoms with Crippen molar-refractivity contribution in [3.8, 4) is 0 Å². The van der Waals surface area contributed by atoms with Crippen molar-refractivity contribution in [1.82, 2.24) is 9.21 Å². The maximum Gasteiger partial charge on any atom is 0.416 e. The highest BCUT2D eigenvalue weighted by molar-refractivity contribution is 7.89. The molecule has 1 amide bonds. The Kier molecular flexibility index (Phi) is 6.27. The number of hydrogen-bond donors (Lipinski definition) is 0. The topological polar surface area (TPSA) is 57.7 Å². The standard InChI is InChI=1S/C24H21F3N2O3S/c25-24(26,27)21-7-3-4-18(16-21)8-11-23(30)28-12-14-29(15-13-28)33(31,32)22-10-9-19-5-1-2-6-20(19)17-22/h1-11,16-17H,12-15H2/b11-8+. The number of carbonyl (C=O) groups excluding carboxylic acids is 1. The quantitative estimate of drug-likeness (QED) is 0.527. The summed E-state index contributed by atoms with van der Waals surface area (Å²) in [6, 6.07) is 17.2. The van der Waals surface area contributed by atoms with Crippen LogP contribution in [0.3, 0.4) is 0 Å². The minimum Gasteiger partial charge on any atom is -0.337 e. The number of hydrogen-bond acceptors (Lipinski definition) is 3. The first-order valence-corrected chi connectivity index (χ1v) is 11.7. The third kappa shape index (κ3) is 5.09. The molecule has 5 nitrogen and oxygen atoms in total. The molecule has 1 fully saturated rings. The summed E-state index contributed by atoms with van der Waals surface area (Å²) in [6.07, 6.45) is -1.92. The van der Waals surface area contributed by atoms with Crippen molar-refractivity contribution in [3.05, 3.63) is 83.9 Å². The number of nitrogens with zero attached hydrogens (tertiary/aromatic N) is 2. The summed E-state index contributed by atoms with van der Waals surface area (Å²) in [5.74, 6) is -0.379. The zero-order valence-electron chi connectivity index (χ0n) is 17.5. The molecular formula is C24H21F3N2O3S. The fourth-order valence-electron chi connectivity index (χ4n) is 3.72. The first-order chi connectivity index (χ1) is 15.6. The van der Waals surface area contributed by atoms with Gasteiger partial charge in [-0.1, -0.05) is 42.5 Å². The van der Waals surface area contributed by atoms with E-state index in [1.807, 2.05) is 24.3 Å². The molecule has 0 spiro atoms. The first kappa shape index (κ1) is 23.0. The first-order valence-electron chi connectivity index (χ1n) is 10.3. The van der Waals surface area contributed by atoms with Gasteiger partial charge >= 0.3 is 6.18 Å². The predicted octanol–water partition coefficient (Wildman–Crippen LogP) is 4.40. The molecule has 3 aromatic carbocycles. The second-order valence-electron chi connectivity index (χ2n) is 7.69. The molecule has 1 aliphatic heterocycles. The lowest BCUT2D eigenvalue weighted by atomic mass is 10.1. The Hall–Kier alpha value is -3.17. The molecule has 1 heterocycles. The Labute approximate surface area is 189 Å². The molecule has 1 saturated heterocycles. The fraction of sp³-hybridized carbons (Fsp3) is 0.208. The Morgan fingerprint density at radius 1 is 0.848 bits per heavy atom. The van der Waals surface area contributed by atoms with Crippen molar-refractivity contribution in [2.75, 3.05) is 26.2 Å². The number of alkyl halides is 3. The molecule has 3 aromatic rings. The molecule has 0 aliphatic carbocycles. The van der Waals surface area contributed by atoms with E-state index in [0.29, 0.717) is 0 Å². The summed E-state index contributed by atoms with van der Waals surface area (Å²) in [7, 11) is -3.71. The van der Waals surface area contributed by atoms with Gasteiger partial charge in [-0.25, -0.2) is 8.42 Å². The second-order valence-corrected chi connectivity index (χ2v) is 9.63. The minimum absolute atomic E-state index is 0.137. The highest BCUT2D eigenvalue weighted by Gasteiger charge is 2.31. The average Bonchev–Trinajstić information content (AvgIpc) is 2.82. The maximum absolute atomic E-state index is 13.0. The van der Waals surface area contributed by atoms with E-state index in [4.69, 9.17) is 0 Å². The number of benzene rings is 3. The van der Waals surface area contributed by atoms with Gasteiger partial charge in [0.2, 0.25) is 15.9 Å². The fourth-order valence-corrected chi connectivity index (χ4v) is 5.18. The van der Waals surface area contributed by atoms with Crippen LogP contribution < -0.4 is 0 Å². The highest BCUT2D eigenvalue weighted by Crippen LogP contribution is 2.29. The second kappa shape index (κ2) is 8.99. The van der Waals surface area contributed by atoms with Crippen LogP contribution in [0.2, 0.25) is 0 Å². The molecule has 172 valence electrons. The van der Waals surface area contributed by atoms with Crippen molar-refractivity contribution < 1.29 is 26.4 Å². The number of sulfonamides is 1. The summed E-state index contributed by atoms with van der Waals surface area (Å²) in [5, 5.41) is 1.77. The minimum atomic E-state index is -4.46. The zero-order chi connectivity index (χ0) is 23.6. The summed E-state index contributed by atoms with van der Waals surface area (Å²) < 4.78 is 66.0. The lowest BCUT2D eigenvalue weighted by Gasteiger charge is -2.33. The van der Waals surface area contributed by atoms with Gasteiger partial charge in [0, 0.05) is 32.3 Å². The van der Waals surface area contributed by atoms with Gasteiger partial charge in [-0.15, -0.1) is 0 Å². The van der Waals surface area contributed by atoms with Crippen LogP contribution in [0.1, 0.15) is 11.1 Å². The molecule has 0 saturated carbocycles. The molecule has 33 heavy (non-hydrogen) atoms. The maximum atomic E-state index is 13.0. The highest BCUT2D eigenvalue weighted by atomic mass is 32.2. The van der Waals surface area contributed by atoms with Crippen molar-refractivity contribution in [2.45, 2.75) is 11.1 Å². The van der Waals surface area contributed by atoms with Crippen LogP contribution in [0.25, 0.3) is 16.8 Å². The van der Waals surface area contributed by atoms with Crippen LogP contribution >= 0.6 is 0 Å². The predicted molar refractivity (Wildman–Crippen MR) is 120 cm³/mol. The summed E-state index contributed by atoms with van der Waals surface area (Å²) in [4.78, 5) is 14.2. The van der Waals surface area contributed by atoms with Crippen LogP contribution in [0.5, 0.6) is 0 Å². The van der Waals surface area contributed by atoms with E-state index in [-0.39, 0.29) is 42.5 Å². The largest absolute Gasteiger partial charge is 0.416 e. The lowest BCUT2D eigenvalue weighted by molar-refractivity contribution is -0.137. The van der Waals surface area contributed by atoms with Crippen LogP contribution in [0, 0.1) is 0 Å². The van der Waals surface area contributed by atoms with Crippen molar-refractivity contribution in [1.29, 1.82) is 0 Å². The van der Waals surface area contributed by atoms with E-state index in [1.165, 1.54) is 33.5 Å². The zero-order valence-corrected chi connectivity index (χ0v) is 18.3. The number of carbonyl (C=O) groups is 1. The van der Waals surface area contributed by atoms with Crippen LogP contribution in [0.4, 0.5) is 13.2 Å². The van der Waals surface area contributed by atoms with Crippen molar-refractivity contribution >= 4 is 32.8 Å². The Bertz CT molecular complexity index is 1310. The molecule has 0 unspecified atom stereocenters. The molecule has 0 atom stereocenters. The number of halogens is 3. The molecule has 0 N–H and O–H groups in total. The van der Waals surface area contributed by atoms with Crippen molar-refractivity contribution in [3.63, 3.8) is 0 Å². The third-order valence-corrected chi connectivity index (χ3v) is 7.44. The smallest absolute Gasteiger partial charge is 0.337 e. The van der Waals surface area contributed by atoms with Gasteiger partial charge in [0.15, 0.2) is 0 Å². The third-order valence-electron chi connectivity index (χ3n) is 5.54. The van der Waals surface area contributed by atoms with Crippen molar-refractivity contribution in [2.24, 2.45) is 0 Å². The van der Waals surface area contributed by atoms with Gasteiger partial charge in [-0.2, -0.15) is 17.5 Å². The van der Waals surface area contributed by atoms with Gasteiger partial charge in [-0.05, 0) is 46.7 Å².